The zero-order valence-electron chi connectivity index (χ0n) is 15.0. The maximum Gasteiger partial charge on any atom is 0.338 e. The summed E-state index contributed by atoms with van der Waals surface area (Å²) in [5.74, 6) is -0.239. The van der Waals surface area contributed by atoms with E-state index >= 15 is 0 Å². The zero-order valence-corrected chi connectivity index (χ0v) is 15.0. The number of ether oxygens (including phenoxy) is 2. The molecule has 1 aromatic rings. The van der Waals surface area contributed by atoms with Crippen molar-refractivity contribution in [1.29, 1.82) is 0 Å². The van der Waals surface area contributed by atoms with Crippen LogP contribution in [0.5, 0.6) is 5.75 Å². The standard InChI is InChI=1S/C20H26O4/c1-6-19(3,4)18(22)23-16-11-9-15(10-12-16)17(21)24-20(5)13-7-8-14(20)2/h9-12H,2,6-8,13H2,1,3-5H3. The summed E-state index contributed by atoms with van der Waals surface area (Å²) in [6.45, 7) is 11.5. The number of rotatable bonds is 5. The van der Waals surface area contributed by atoms with Crippen LogP contribution >= 0.6 is 0 Å². The average Bonchev–Trinajstić information content (AvgIpc) is 2.86. The van der Waals surface area contributed by atoms with Gasteiger partial charge in [0.2, 0.25) is 0 Å². The van der Waals surface area contributed by atoms with Crippen LogP contribution in [0.25, 0.3) is 0 Å². The van der Waals surface area contributed by atoms with Gasteiger partial charge in [-0.25, -0.2) is 4.79 Å². The Morgan fingerprint density at radius 2 is 1.88 bits per heavy atom. The van der Waals surface area contributed by atoms with Gasteiger partial charge in [0.15, 0.2) is 0 Å². The minimum atomic E-state index is -0.576. The second kappa shape index (κ2) is 6.80. The van der Waals surface area contributed by atoms with E-state index in [1.165, 1.54) is 0 Å². The molecule has 1 aliphatic rings. The highest BCUT2D eigenvalue weighted by atomic mass is 16.6. The highest BCUT2D eigenvalue weighted by Crippen LogP contribution is 2.37. The van der Waals surface area contributed by atoms with E-state index < -0.39 is 11.0 Å². The molecule has 1 saturated carbocycles. The first-order valence-corrected chi connectivity index (χ1v) is 8.42. The first kappa shape index (κ1) is 18.2. The van der Waals surface area contributed by atoms with Crippen LogP contribution in [-0.2, 0) is 9.53 Å². The molecule has 24 heavy (non-hydrogen) atoms. The number of carbonyl (C=O) groups excluding carboxylic acids is 2. The summed E-state index contributed by atoms with van der Waals surface area (Å²) in [6, 6.07) is 6.47. The minimum absolute atomic E-state index is 0.282. The fraction of sp³-hybridized carbons (Fsp3) is 0.500. The molecule has 0 amide bonds. The molecule has 1 aromatic carbocycles. The summed E-state index contributed by atoms with van der Waals surface area (Å²) in [5, 5.41) is 0. The lowest BCUT2D eigenvalue weighted by atomic mass is 9.91. The second-order valence-corrected chi connectivity index (χ2v) is 7.23. The number of carbonyl (C=O) groups is 2. The third kappa shape index (κ3) is 3.86. The average molecular weight is 330 g/mol. The van der Waals surface area contributed by atoms with E-state index in [1.807, 2.05) is 27.7 Å². The third-order valence-electron chi connectivity index (χ3n) is 4.94. The molecule has 0 saturated heterocycles. The van der Waals surface area contributed by atoms with Crippen molar-refractivity contribution in [3.63, 3.8) is 0 Å². The van der Waals surface area contributed by atoms with E-state index in [-0.39, 0.29) is 11.9 Å². The summed E-state index contributed by atoms with van der Waals surface area (Å²) >= 11 is 0. The van der Waals surface area contributed by atoms with Gasteiger partial charge in [-0.1, -0.05) is 13.5 Å². The van der Waals surface area contributed by atoms with Crippen LogP contribution in [0.1, 0.15) is 63.7 Å². The molecule has 130 valence electrons. The van der Waals surface area contributed by atoms with Crippen molar-refractivity contribution in [3.8, 4) is 5.75 Å². The number of hydrogen-bond donors (Lipinski definition) is 0. The maximum atomic E-state index is 12.3. The molecule has 4 heteroatoms. The molecule has 0 N–H and O–H groups in total. The Labute approximate surface area is 143 Å². The van der Waals surface area contributed by atoms with E-state index in [0.29, 0.717) is 17.7 Å². The molecule has 2 rings (SSSR count). The Hall–Kier alpha value is -2.10. The Balaban J connectivity index is 2.03. The Kier molecular flexibility index (Phi) is 5.16. The molecular weight excluding hydrogens is 304 g/mol. The van der Waals surface area contributed by atoms with Gasteiger partial charge in [-0.3, -0.25) is 4.79 Å². The van der Waals surface area contributed by atoms with Crippen LogP contribution in [-0.4, -0.2) is 17.5 Å². The molecular formula is C20H26O4. The van der Waals surface area contributed by atoms with Crippen molar-refractivity contribution in [1.82, 2.24) is 0 Å². The van der Waals surface area contributed by atoms with Crippen molar-refractivity contribution < 1.29 is 19.1 Å². The van der Waals surface area contributed by atoms with Gasteiger partial charge in [0.25, 0.3) is 0 Å². The maximum absolute atomic E-state index is 12.3. The van der Waals surface area contributed by atoms with Gasteiger partial charge in [0, 0.05) is 0 Å². The molecule has 0 aromatic heterocycles. The summed E-state index contributed by atoms with van der Waals surface area (Å²) < 4.78 is 11.0. The van der Waals surface area contributed by atoms with Crippen LogP contribution in [0, 0.1) is 5.41 Å². The Morgan fingerprint density at radius 3 is 2.38 bits per heavy atom. The summed E-state index contributed by atoms with van der Waals surface area (Å²) in [5.41, 5.74) is 0.288. The van der Waals surface area contributed by atoms with E-state index in [4.69, 9.17) is 9.47 Å². The molecule has 0 heterocycles. The predicted molar refractivity (Wildman–Crippen MR) is 93.0 cm³/mol. The van der Waals surface area contributed by atoms with Crippen LogP contribution in [0.4, 0.5) is 0 Å². The Morgan fingerprint density at radius 1 is 1.25 bits per heavy atom. The van der Waals surface area contributed by atoms with Gasteiger partial charge in [0.1, 0.15) is 11.4 Å². The van der Waals surface area contributed by atoms with E-state index in [9.17, 15) is 9.59 Å². The minimum Gasteiger partial charge on any atom is -0.451 e. The van der Waals surface area contributed by atoms with E-state index in [1.54, 1.807) is 24.3 Å². The van der Waals surface area contributed by atoms with Gasteiger partial charge in [-0.05, 0) is 76.3 Å². The largest absolute Gasteiger partial charge is 0.451 e. The van der Waals surface area contributed by atoms with Crippen molar-refractivity contribution in [2.45, 2.75) is 59.0 Å². The molecule has 0 spiro atoms. The van der Waals surface area contributed by atoms with Crippen molar-refractivity contribution in [2.75, 3.05) is 0 Å². The summed E-state index contributed by atoms with van der Waals surface area (Å²) in [4.78, 5) is 24.4. The van der Waals surface area contributed by atoms with Crippen LogP contribution in [0.15, 0.2) is 36.4 Å². The molecule has 0 bridgehead atoms. The SMILES string of the molecule is C=C1CCCC1(C)OC(=O)c1ccc(OC(=O)C(C)(C)CC)cc1. The molecule has 1 fully saturated rings. The topological polar surface area (TPSA) is 52.6 Å². The fourth-order valence-electron chi connectivity index (χ4n) is 2.52. The highest BCUT2D eigenvalue weighted by Gasteiger charge is 2.36. The zero-order chi connectivity index (χ0) is 18.0. The molecule has 0 aliphatic heterocycles. The van der Waals surface area contributed by atoms with Crippen LogP contribution in [0.3, 0.4) is 0 Å². The van der Waals surface area contributed by atoms with Crippen LogP contribution < -0.4 is 4.74 Å². The normalized spacial score (nSPS) is 20.8. The van der Waals surface area contributed by atoms with Gasteiger partial charge < -0.3 is 9.47 Å². The van der Waals surface area contributed by atoms with Gasteiger partial charge in [0.05, 0.1) is 11.0 Å². The monoisotopic (exact) mass is 330 g/mol. The third-order valence-corrected chi connectivity index (χ3v) is 4.94. The summed E-state index contributed by atoms with van der Waals surface area (Å²) in [7, 11) is 0. The first-order valence-electron chi connectivity index (χ1n) is 8.42. The molecule has 4 nitrogen and oxygen atoms in total. The smallest absolute Gasteiger partial charge is 0.338 e. The number of hydrogen-bond acceptors (Lipinski definition) is 4. The molecule has 1 atom stereocenters. The van der Waals surface area contributed by atoms with Crippen molar-refractivity contribution in [2.24, 2.45) is 5.41 Å². The second-order valence-electron chi connectivity index (χ2n) is 7.23. The highest BCUT2D eigenvalue weighted by molar-refractivity contribution is 5.90. The molecule has 0 radical (unpaired) electrons. The summed E-state index contributed by atoms with van der Waals surface area (Å²) in [6.07, 6.45) is 3.38. The van der Waals surface area contributed by atoms with Gasteiger partial charge >= 0.3 is 11.9 Å². The fourth-order valence-corrected chi connectivity index (χ4v) is 2.52. The van der Waals surface area contributed by atoms with Gasteiger partial charge in [-0.2, -0.15) is 0 Å². The lowest BCUT2D eigenvalue weighted by molar-refractivity contribution is -0.144. The molecule has 1 aliphatic carbocycles. The van der Waals surface area contributed by atoms with E-state index in [0.717, 1.165) is 24.8 Å². The number of esters is 2. The van der Waals surface area contributed by atoms with Crippen molar-refractivity contribution >= 4 is 11.9 Å². The van der Waals surface area contributed by atoms with E-state index in [2.05, 4.69) is 6.58 Å². The Bertz CT molecular complexity index is 642. The predicted octanol–water partition coefficient (Wildman–Crippen LogP) is 4.68. The van der Waals surface area contributed by atoms with Gasteiger partial charge in [-0.15, -0.1) is 0 Å². The van der Waals surface area contributed by atoms with Crippen LogP contribution in [0.2, 0.25) is 0 Å². The lowest BCUT2D eigenvalue weighted by Gasteiger charge is -2.25. The molecule has 1 unspecified atom stereocenters. The first-order chi connectivity index (χ1) is 11.2. The number of benzene rings is 1. The quantitative estimate of drug-likeness (QED) is 0.447. The lowest BCUT2D eigenvalue weighted by Crippen LogP contribution is -2.30. The van der Waals surface area contributed by atoms with Crippen molar-refractivity contribution in [3.05, 3.63) is 42.0 Å².